The van der Waals surface area contributed by atoms with Gasteiger partial charge in [-0.15, -0.1) is 0 Å². The second-order valence-corrected chi connectivity index (χ2v) is 7.52. The van der Waals surface area contributed by atoms with Gasteiger partial charge < -0.3 is 10.2 Å². The lowest BCUT2D eigenvalue weighted by atomic mass is 9.70. The van der Waals surface area contributed by atoms with Gasteiger partial charge in [-0.2, -0.15) is 0 Å². The molecule has 1 aliphatic heterocycles. The Hall–Kier alpha value is -2.69. The molecule has 1 saturated heterocycles. The van der Waals surface area contributed by atoms with Crippen LogP contribution in [-0.2, 0) is 21.4 Å². The molecule has 0 spiro atoms. The van der Waals surface area contributed by atoms with Crippen molar-refractivity contribution in [2.24, 2.45) is 0 Å². The van der Waals surface area contributed by atoms with Gasteiger partial charge >= 0.3 is 0 Å². The van der Waals surface area contributed by atoms with Crippen LogP contribution < -0.4 is 5.32 Å². The summed E-state index contributed by atoms with van der Waals surface area (Å²) in [4.78, 5) is 26.2. The summed E-state index contributed by atoms with van der Waals surface area (Å²) in [7, 11) is 0. The summed E-state index contributed by atoms with van der Waals surface area (Å²) in [5.74, 6) is -0.193. The Morgan fingerprint density at radius 3 is 2.32 bits per heavy atom. The summed E-state index contributed by atoms with van der Waals surface area (Å²) >= 11 is 0. The zero-order valence-electron chi connectivity index (χ0n) is 16.3. The molecule has 2 aromatic carbocycles. The molecule has 0 saturated carbocycles. The van der Waals surface area contributed by atoms with E-state index in [0.717, 1.165) is 18.4 Å². The molecule has 4 nitrogen and oxygen atoms in total. The second kappa shape index (κ2) is 9.00. The lowest BCUT2D eigenvalue weighted by Crippen LogP contribution is -2.46. The minimum atomic E-state index is -0.269. The molecule has 1 N–H and O–H groups in total. The van der Waals surface area contributed by atoms with Crippen LogP contribution in [0.15, 0.2) is 54.6 Å². The number of rotatable bonds is 6. The van der Waals surface area contributed by atoms with Crippen molar-refractivity contribution in [1.29, 1.82) is 0 Å². The fraction of sp³-hybridized carbons (Fsp3) is 0.391. The third-order valence-electron chi connectivity index (χ3n) is 5.73. The largest absolute Gasteiger partial charge is 0.356 e. The van der Waals surface area contributed by atoms with Crippen LogP contribution >= 0.6 is 0 Å². The molecule has 1 fully saturated rings. The first kappa shape index (κ1) is 20.1. The van der Waals surface area contributed by atoms with Gasteiger partial charge in [-0.1, -0.05) is 48.5 Å². The van der Waals surface area contributed by atoms with Gasteiger partial charge in [-0.05, 0) is 36.5 Å². The van der Waals surface area contributed by atoms with Crippen LogP contribution in [0.5, 0.6) is 0 Å². The summed E-state index contributed by atoms with van der Waals surface area (Å²) in [5, 5.41) is 2.95. The maximum absolute atomic E-state index is 13.7. The number of carbonyl (C=O) groups is 2. The number of halogens is 1. The average molecular weight is 382 g/mol. The highest BCUT2D eigenvalue weighted by molar-refractivity contribution is 5.78. The number of nitrogens with zero attached hydrogens (tertiary/aromatic N) is 1. The van der Waals surface area contributed by atoms with Crippen LogP contribution in [0.2, 0.25) is 0 Å². The highest BCUT2D eigenvalue weighted by Gasteiger charge is 2.38. The molecule has 0 atom stereocenters. The van der Waals surface area contributed by atoms with Gasteiger partial charge in [0, 0.05) is 38.4 Å². The number of carbonyl (C=O) groups excluding carboxylic acids is 2. The number of amides is 2. The Bertz CT molecular complexity index is 814. The van der Waals surface area contributed by atoms with Gasteiger partial charge in [0.05, 0.1) is 0 Å². The van der Waals surface area contributed by atoms with Crippen LogP contribution in [0.3, 0.4) is 0 Å². The summed E-state index contributed by atoms with van der Waals surface area (Å²) in [6.07, 6.45) is 2.36. The molecule has 0 bridgehead atoms. The second-order valence-electron chi connectivity index (χ2n) is 7.52. The van der Waals surface area contributed by atoms with Gasteiger partial charge in [0.2, 0.25) is 11.8 Å². The number of piperidine rings is 1. The number of hydrogen-bond acceptors (Lipinski definition) is 2. The molecule has 3 rings (SSSR count). The molecule has 0 unspecified atom stereocenters. The van der Waals surface area contributed by atoms with Crippen molar-refractivity contribution in [3.05, 3.63) is 71.5 Å². The predicted octanol–water partition coefficient (Wildman–Crippen LogP) is 3.45. The smallest absolute Gasteiger partial charge is 0.220 e. The fourth-order valence-corrected chi connectivity index (χ4v) is 4.02. The van der Waals surface area contributed by atoms with E-state index in [1.165, 1.54) is 6.07 Å². The summed E-state index contributed by atoms with van der Waals surface area (Å²) < 4.78 is 13.7. The van der Waals surface area contributed by atoms with Gasteiger partial charge in [-0.25, -0.2) is 4.39 Å². The summed E-state index contributed by atoms with van der Waals surface area (Å²) in [5.41, 5.74) is 1.48. The predicted molar refractivity (Wildman–Crippen MR) is 107 cm³/mol. The lowest BCUT2D eigenvalue weighted by molar-refractivity contribution is -0.130. The Balaban J connectivity index is 1.64. The molecule has 1 aliphatic rings. The van der Waals surface area contributed by atoms with Gasteiger partial charge in [0.25, 0.3) is 0 Å². The van der Waals surface area contributed by atoms with Crippen LogP contribution in [0.25, 0.3) is 0 Å². The van der Waals surface area contributed by atoms with Gasteiger partial charge in [-0.3, -0.25) is 9.59 Å². The Morgan fingerprint density at radius 2 is 1.68 bits per heavy atom. The van der Waals surface area contributed by atoms with Gasteiger partial charge in [0.1, 0.15) is 5.82 Å². The monoisotopic (exact) mass is 382 g/mol. The van der Waals surface area contributed by atoms with E-state index in [0.29, 0.717) is 38.0 Å². The third-order valence-corrected chi connectivity index (χ3v) is 5.73. The van der Waals surface area contributed by atoms with Crippen LogP contribution in [0, 0.1) is 5.82 Å². The normalized spacial score (nSPS) is 15.9. The van der Waals surface area contributed by atoms with Crippen LogP contribution in [-0.4, -0.2) is 36.3 Å². The molecule has 0 aromatic heterocycles. The molecule has 2 aromatic rings. The standard InChI is InChI=1S/C23H27FN2O2/c1-18(27)26-15-12-23(13-16-26,20-8-3-2-4-9-20)17-22(28)25-14-11-19-7-5-6-10-21(19)24/h2-10H,11-17H2,1H3,(H,25,28). The van der Waals surface area contributed by atoms with E-state index in [2.05, 4.69) is 17.4 Å². The first-order valence-corrected chi connectivity index (χ1v) is 9.81. The molecule has 28 heavy (non-hydrogen) atoms. The minimum Gasteiger partial charge on any atom is -0.356 e. The van der Waals surface area contributed by atoms with E-state index >= 15 is 0 Å². The van der Waals surface area contributed by atoms with Crippen molar-refractivity contribution in [2.45, 2.75) is 38.0 Å². The molecule has 148 valence electrons. The molecule has 2 amide bonds. The Kier molecular flexibility index (Phi) is 6.45. The maximum atomic E-state index is 13.7. The van der Waals surface area contributed by atoms with E-state index < -0.39 is 0 Å². The first-order chi connectivity index (χ1) is 13.5. The van der Waals surface area contributed by atoms with Crippen LogP contribution in [0.4, 0.5) is 4.39 Å². The molecular formula is C23H27FN2O2. The third kappa shape index (κ3) is 4.77. The minimum absolute atomic E-state index is 0.0310. The number of likely N-dealkylation sites (tertiary alicyclic amines) is 1. The molecule has 0 radical (unpaired) electrons. The Labute approximate surface area is 165 Å². The van der Waals surface area contributed by atoms with Crippen molar-refractivity contribution in [2.75, 3.05) is 19.6 Å². The van der Waals surface area contributed by atoms with Crippen LogP contribution in [0.1, 0.15) is 37.3 Å². The zero-order valence-corrected chi connectivity index (χ0v) is 16.3. The molecular weight excluding hydrogens is 355 g/mol. The average Bonchev–Trinajstić information content (AvgIpc) is 2.70. The van der Waals surface area contributed by atoms with Crippen molar-refractivity contribution in [3.63, 3.8) is 0 Å². The Morgan fingerprint density at radius 1 is 1.04 bits per heavy atom. The highest BCUT2D eigenvalue weighted by atomic mass is 19.1. The fourth-order valence-electron chi connectivity index (χ4n) is 4.02. The van der Waals surface area contributed by atoms with Gasteiger partial charge in [0.15, 0.2) is 0 Å². The number of nitrogens with one attached hydrogen (secondary N) is 1. The van der Waals surface area contributed by atoms with Crippen molar-refractivity contribution in [3.8, 4) is 0 Å². The van der Waals surface area contributed by atoms with E-state index in [1.807, 2.05) is 23.1 Å². The summed E-state index contributed by atoms with van der Waals surface area (Å²) in [6, 6.07) is 16.7. The van der Waals surface area contributed by atoms with Crippen molar-refractivity contribution in [1.82, 2.24) is 10.2 Å². The van der Waals surface area contributed by atoms with Crippen molar-refractivity contribution >= 4 is 11.8 Å². The van der Waals surface area contributed by atoms with E-state index in [1.54, 1.807) is 25.1 Å². The highest BCUT2D eigenvalue weighted by Crippen LogP contribution is 2.38. The van der Waals surface area contributed by atoms with Crippen molar-refractivity contribution < 1.29 is 14.0 Å². The zero-order chi connectivity index (χ0) is 20.0. The summed E-state index contributed by atoms with van der Waals surface area (Å²) in [6.45, 7) is 3.31. The SMILES string of the molecule is CC(=O)N1CCC(CC(=O)NCCc2ccccc2F)(c2ccccc2)CC1. The maximum Gasteiger partial charge on any atom is 0.220 e. The number of benzene rings is 2. The van der Waals surface area contributed by atoms with E-state index in [4.69, 9.17) is 0 Å². The van der Waals surface area contributed by atoms with E-state index in [9.17, 15) is 14.0 Å². The van der Waals surface area contributed by atoms with E-state index in [-0.39, 0.29) is 23.0 Å². The lowest BCUT2D eigenvalue weighted by Gasteiger charge is -2.41. The first-order valence-electron chi connectivity index (χ1n) is 9.81. The number of hydrogen-bond donors (Lipinski definition) is 1. The topological polar surface area (TPSA) is 49.4 Å². The molecule has 0 aliphatic carbocycles. The quantitative estimate of drug-likeness (QED) is 0.832. The molecule has 1 heterocycles. The molecule has 5 heteroatoms.